The molecular formula is C13H17N3O3. The van der Waals surface area contributed by atoms with Crippen molar-refractivity contribution in [1.82, 2.24) is 0 Å². The second-order valence-electron chi connectivity index (χ2n) is 4.42. The lowest BCUT2D eigenvalue weighted by Crippen LogP contribution is -2.08. The van der Waals surface area contributed by atoms with Crippen molar-refractivity contribution in [3.63, 3.8) is 0 Å². The number of rotatable bonds is 5. The average Bonchev–Trinajstić information content (AvgIpc) is 2.93. The van der Waals surface area contributed by atoms with Crippen LogP contribution in [0.2, 0.25) is 0 Å². The summed E-state index contributed by atoms with van der Waals surface area (Å²) in [6.45, 7) is 1.03. The van der Waals surface area contributed by atoms with Crippen molar-refractivity contribution >= 4 is 0 Å². The Kier molecular flexibility index (Phi) is 4.49. The average molecular weight is 263 g/mol. The van der Waals surface area contributed by atoms with Crippen molar-refractivity contribution in [3.05, 3.63) is 34.2 Å². The van der Waals surface area contributed by atoms with Gasteiger partial charge in [-0.3, -0.25) is 0 Å². The van der Waals surface area contributed by atoms with E-state index in [9.17, 15) is 0 Å². The molecule has 0 radical (unpaired) electrons. The second kappa shape index (κ2) is 6.31. The molecule has 1 fully saturated rings. The molecule has 0 amide bonds. The van der Waals surface area contributed by atoms with Gasteiger partial charge in [0.2, 0.25) is 0 Å². The number of hydrogen-bond acceptors (Lipinski definition) is 4. The number of azide groups is 1. The molecule has 1 saturated heterocycles. The fourth-order valence-corrected chi connectivity index (χ4v) is 2.30. The highest BCUT2D eigenvalue weighted by Gasteiger charge is 2.26. The third-order valence-electron chi connectivity index (χ3n) is 3.31. The van der Waals surface area contributed by atoms with Crippen molar-refractivity contribution in [2.75, 3.05) is 27.4 Å². The van der Waals surface area contributed by atoms with Crippen LogP contribution in [0.3, 0.4) is 0 Å². The largest absolute Gasteiger partial charge is 0.493 e. The zero-order valence-electron chi connectivity index (χ0n) is 11.1. The van der Waals surface area contributed by atoms with Crippen LogP contribution in [0.25, 0.3) is 10.4 Å². The standard InChI is InChI=1S/C13H17N3O3/c1-17-12-4-3-9(6-13(12)18-2)10-5-11(19-8-10)7-15-16-14/h3-4,6,10-11H,5,7-8H2,1-2H3/t10-,11-/m0/s1. The maximum Gasteiger partial charge on any atom is 0.160 e. The van der Waals surface area contributed by atoms with Gasteiger partial charge in [-0.1, -0.05) is 11.2 Å². The lowest BCUT2D eigenvalue weighted by molar-refractivity contribution is 0.116. The quantitative estimate of drug-likeness (QED) is 0.465. The summed E-state index contributed by atoms with van der Waals surface area (Å²) in [5.41, 5.74) is 9.46. The number of hydrogen-bond donors (Lipinski definition) is 0. The highest BCUT2D eigenvalue weighted by Crippen LogP contribution is 2.35. The van der Waals surface area contributed by atoms with E-state index in [0.29, 0.717) is 19.1 Å². The van der Waals surface area contributed by atoms with E-state index in [2.05, 4.69) is 10.0 Å². The summed E-state index contributed by atoms with van der Waals surface area (Å²) in [7, 11) is 3.24. The molecule has 6 heteroatoms. The Labute approximate surface area is 111 Å². The molecule has 0 N–H and O–H groups in total. The first kappa shape index (κ1) is 13.5. The molecule has 0 aliphatic carbocycles. The summed E-state index contributed by atoms with van der Waals surface area (Å²) in [5, 5.41) is 3.55. The smallest absolute Gasteiger partial charge is 0.160 e. The summed E-state index contributed by atoms with van der Waals surface area (Å²) in [6, 6.07) is 5.89. The van der Waals surface area contributed by atoms with E-state index in [1.54, 1.807) is 14.2 Å². The van der Waals surface area contributed by atoms with Crippen LogP contribution in [-0.2, 0) is 4.74 Å². The zero-order valence-corrected chi connectivity index (χ0v) is 11.1. The van der Waals surface area contributed by atoms with Crippen LogP contribution in [0.5, 0.6) is 11.5 Å². The van der Waals surface area contributed by atoms with Gasteiger partial charge in [0.25, 0.3) is 0 Å². The highest BCUT2D eigenvalue weighted by molar-refractivity contribution is 5.44. The van der Waals surface area contributed by atoms with E-state index in [0.717, 1.165) is 23.5 Å². The normalized spacial score (nSPS) is 21.8. The van der Waals surface area contributed by atoms with Crippen molar-refractivity contribution in [2.45, 2.75) is 18.4 Å². The van der Waals surface area contributed by atoms with Gasteiger partial charge in [0, 0.05) is 10.8 Å². The molecule has 6 nitrogen and oxygen atoms in total. The van der Waals surface area contributed by atoms with Gasteiger partial charge in [0.1, 0.15) is 0 Å². The Balaban J connectivity index is 2.08. The second-order valence-corrected chi connectivity index (χ2v) is 4.42. The third kappa shape index (κ3) is 3.10. The molecule has 1 aliphatic rings. The Morgan fingerprint density at radius 3 is 2.84 bits per heavy atom. The lowest BCUT2D eigenvalue weighted by atomic mass is 9.96. The monoisotopic (exact) mass is 263 g/mol. The van der Waals surface area contributed by atoms with Crippen LogP contribution in [0.15, 0.2) is 23.3 Å². The first-order valence-electron chi connectivity index (χ1n) is 6.13. The van der Waals surface area contributed by atoms with Crippen molar-refractivity contribution in [3.8, 4) is 11.5 Å². The predicted molar refractivity (Wildman–Crippen MR) is 70.7 cm³/mol. The van der Waals surface area contributed by atoms with Gasteiger partial charge in [0.05, 0.1) is 33.5 Å². The van der Waals surface area contributed by atoms with Crippen LogP contribution in [0, 0.1) is 0 Å². The molecule has 0 unspecified atom stereocenters. The first-order chi connectivity index (χ1) is 9.28. The molecule has 1 aromatic carbocycles. The van der Waals surface area contributed by atoms with E-state index in [-0.39, 0.29) is 6.10 Å². The number of benzene rings is 1. The van der Waals surface area contributed by atoms with Gasteiger partial charge in [-0.15, -0.1) is 0 Å². The van der Waals surface area contributed by atoms with Crippen LogP contribution in [-0.4, -0.2) is 33.5 Å². The van der Waals surface area contributed by atoms with Crippen molar-refractivity contribution in [1.29, 1.82) is 0 Å². The van der Waals surface area contributed by atoms with Gasteiger partial charge in [0.15, 0.2) is 11.5 Å². The van der Waals surface area contributed by atoms with E-state index in [4.69, 9.17) is 19.7 Å². The molecule has 0 spiro atoms. The van der Waals surface area contributed by atoms with Crippen LogP contribution >= 0.6 is 0 Å². The molecule has 0 aromatic heterocycles. The Bertz CT molecular complexity index is 486. The Hall–Kier alpha value is -1.91. The van der Waals surface area contributed by atoms with Crippen LogP contribution in [0.1, 0.15) is 17.9 Å². The molecule has 2 atom stereocenters. The number of nitrogens with zero attached hydrogens (tertiary/aromatic N) is 3. The number of ether oxygens (including phenoxy) is 3. The van der Waals surface area contributed by atoms with Crippen LogP contribution < -0.4 is 9.47 Å². The minimum atomic E-state index is 0.00833. The fourth-order valence-electron chi connectivity index (χ4n) is 2.30. The van der Waals surface area contributed by atoms with Gasteiger partial charge in [-0.2, -0.15) is 0 Å². The molecule has 19 heavy (non-hydrogen) atoms. The van der Waals surface area contributed by atoms with Gasteiger partial charge in [-0.05, 0) is 29.6 Å². The molecule has 102 valence electrons. The van der Waals surface area contributed by atoms with Gasteiger partial charge in [-0.25, -0.2) is 0 Å². The Morgan fingerprint density at radius 2 is 2.16 bits per heavy atom. The summed E-state index contributed by atoms with van der Waals surface area (Å²) in [4.78, 5) is 2.76. The minimum Gasteiger partial charge on any atom is -0.493 e. The van der Waals surface area contributed by atoms with Gasteiger partial charge < -0.3 is 14.2 Å². The molecule has 1 heterocycles. The van der Waals surface area contributed by atoms with Crippen molar-refractivity contribution in [2.24, 2.45) is 5.11 Å². The maximum absolute atomic E-state index is 8.31. The molecular weight excluding hydrogens is 246 g/mol. The zero-order chi connectivity index (χ0) is 13.7. The van der Waals surface area contributed by atoms with Gasteiger partial charge >= 0.3 is 0 Å². The van der Waals surface area contributed by atoms with E-state index in [1.807, 2.05) is 18.2 Å². The van der Waals surface area contributed by atoms with Crippen molar-refractivity contribution < 1.29 is 14.2 Å². The summed E-state index contributed by atoms with van der Waals surface area (Å²) in [5.74, 6) is 1.74. The summed E-state index contributed by atoms with van der Waals surface area (Å²) >= 11 is 0. The summed E-state index contributed by atoms with van der Waals surface area (Å²) in [6.07, 6.45) is 0.864. The molecule has 0 saturated carbocycles. The van der Waals surface area contributed by atoms with E-state index in [1.165, 1.54) is 0 Å². The lowest BCUT2D eigenvalue weighted by Gasteiger charge is -2.12. The Morgan fingerprint density at radius 1 is 1.37 bits per heavy atom. The molecule has 0 bridgehead atoms. The van der Waals surface area contributed by atoms with E-state index >= 15 is 0 Å². The maximum atomic E-state index is 8.31. The summed E-state index contributed by atoms with van der Waals surface area (Å²) < 4.78 is 16.1. The highest BCUT2D eigenvalue weighted by atomic mass is 16.5. The molecule has 1 aliphatic heterocycles. The predicted octanol–water partition coefficient (Wildman–Crippen LogP) is 2.89. The van der Waals surface area contributed by atoms with E-state index < -0.39 is 0 Å². The minimum absolute atomic E-state index is 0.00833. The molecule has 2 rings (SSSR count). The topological polar surface area (TPSA) is 76.5 Å². The fraction of sp³-hybridized carbons (Fsp3) is 0.538. The SMILES string of the molecule is COc1ccc([C@@H]2CO[C@H](CN=[N+]=[N-])C2)cc1OC. The molecule has 1 aromatic rings. The third-order valence-corrected chi connectivity index (χ3v) is 3.31. The first-order valence-corrected chi connectivity index (χ1v) is 6.13. The number of methoxy groups -OCH3 is 2. The van der Waals surface area contributed by atoms with Crippen LogP contribution in [0.4, 0.5) is 0 Å².